The predicted molar refractivity (Wildman–Crippen MR) is 48.5 cm³/mol. The van der Waals surface area contributed by atoms with Gasteiger partial charge in [-0.05, 0) is 6.07 Å². The molecule has 72 valence electrons. The maximum atomic E-state index is 11.0. The Kier molecular flexibility index (Phi) is 1.89. The third-order valence-corrected chi connectivity index (χ3v) is 2.15. The molecule has 1 aromatic heterocycles. The highest BCUT2D eigenvalue weighted by Crippen LogP contribution is 2.26. The Bertz CT molecular complexity index is 444. The minimum atomic E-state index is -1.21. The van der Waals surface area contributed by atoms with E-state index in [4.69, 9.17) is 16.7 Å². The summed E-state index contributed by atoms with van der Waals surface area (Å²) in [7, 11) is 0. The van der Waals surface area contributed by atoms with Crippen molar-refractivity contribution >= 4 is 29.3 Å². The number of carbonyl (C=O) groups excluding carboxylic acids is 1. The van der Waals surface area contributed by atoms with Gasteiger partial charge < -0.3 is 10.4 Å². The Morgan fingerprint density at radius 3 is 3.00 bits per heavy atom. The third-order valence-electron chi connectivity index (χ3n) is 1.87. The first-order valence-corrected chi connectivity index (χ1v) is 4.18. The highest BCUT2D eigenvalue weighted by atomic mass is 35.5. The summed E-state index contributed by atoms with van der Waals surface area (Å²) in [4.78, 5) is 25.3. The van der Waals surface area contributed by atoms with Crippen molar-refractivity contribution in [3.8, 4) is 0 Å². The fourth-order valence-corrected chi connectivity index (χ4v) is 1.52. The second-order valence-corrected chi connectivity index (χ2v) is 3.26. The van der Waals surface area contributed by atoms with E-state index in [1.165, 1.54) is 6.07 Å². The topological polar surface area (TPSA) is 79.3 Å². The van der Waals surface area contributed by atoms with Crippen molar-refractivity contribution < 1.29 is 14.7 Å². The Labute approximate surface area is 83.7 Å². The lowest BCUT2D eigenvalue weighted by Gasteiger charge is -2.01. The number of aromatic carboxylic acids is 1. The molecule has 2 heterocycles. The summed E-state index contributed by atoms with van der Waals surface area (Å²) in [6.45, 7) is 0. The zero-order valence-electron chi connectivity index (χ0n) is 6.87. The fraction of sp³-hybridized carbons (Fsp3) is 0.125. The van der Waals surface area contributed by atoms with Gasteiger partial charge in [0, 0.05) is 5.56 Å². The lowest BCUT2D eigenvalue weighted by atomic mass is 10.2. The average Bonchev–Trinajstić information content (AvgIpc) is 2.42. The molecule has 0 saturated heterocycles. The zero-order valence-corrected chi connectivity index (χ0v) is 7.63. The average molecular weight is 213 g/mol. The molecule has 0 aliphatic carbocycles. The number of rotatable bonds is 1. The van der Waals surface area contributed by atoms with Crippen molar-refractivity contribution in [2.75, 3.05) is 5.32 Å². The normalized spacial score (nSPS) is 13.6. The van der Waals surface area contributed by atoms with Gasteiger partial charge in [0.15, 0.2) is 5.69 Å². The first-order chi connectivity index (χ1) is 6.58. The van der Waals surface area contributed by atoms with Crippen molar-refractivity contribution in [1.29, 1.82) is 0 Å². The fourth-order valence-electron chi connectivity index (χ4n) is 1.27. The van der Waals surface area contributed by atoms with Gasteiger partial charge in [-0.1, -0.05) is 11.6 Å². The van der Waals surface area contributed by atoms with E-state index < -0.39 is 5.97 Å². The number of hydrogen-bond donors (Lipinski definition) is 2. The van der Waals surface area contributed by atoms with Crippen molar-refractivity contribution in [2.45, 2.75) is 6.42 Å². The molecular weight excluding hydrogens is 208 g/mol. The number of nitrogens with zero attached hydrogens (tertiary/aromatic N) is 1. The highest BCUT2D eigenvalue weighted by Gasteiger charge is 2.23. The summed E-state index contributed by atoms with van der Waals surface area (Å²) in [6.07, 6.45) is 0.196. The molecule has 14 heavy (non-hydrogen) atoms. The lowest BCUT2D eigenvalue weighted by Crippen LogP contribution is -2.06. The minimum Gasteiger partial charge on any atom is -0.476 e. The monoisotopic (exact) mass is 212 g/mol. The van der Waals surface area contributed by atoms with Gasteiger partial charge in [0.2, 0.25) is 5.91 Å². The molecule has 0 radical (unpaired) electrons. The molecule has 0 atom stereocenters. The molecular formula is C8H5ClN2O3. The molecule has 2 N–H and O–H groups in total. The van der Waals surface area contributed by atoms with Crippen LogP contribution in [0, 0.1) is 0 Å². The van der Waals surface area contributed by atoms with Crippen LogP contribution >= 0.6 is 11.6 Å². The molecule has 0 aromatic carbocycles. The van der Waals surface area contributed by atoms with Crippen LogP contribution in [0.5, 0.6) is 0 Å². The predicted octanol–water partition coefficient (Wildman–Crippen LogP) is 0.928. The standard InChI is InChI=1S/C8H5ClN2O3/c9-4-1-3-2-5(12)10-7(3)11-6(4)8(13)14/h1H,2H2,(H,13,14)(H,10,11,12). The number of carbonyl (C=O) groups is 2. The third kappa shape index (κ3) is 1.31. The van der Waals surface area contributed by atoms with Crippen molar-refractivity contribution in [2.24, 2.45) is 0 Å². The molecule has 1 aromatic rings. The molecule has 2 rings (SSSR count). The quantitative estimate of drug-likeness (QED) is 0.726. The second-order valence-electron chi connectivity index (χ2n) is 2.86. The molecule has 0 bridgehead atoms. The molecule has 1 aliphatic heterocycles. The molecule has 5 nitrogen and oxygen atoms in total. The van der Waals surface area contributed by atoms with Crippen LogP contribution in [0.15, 0.2) is 6.07 Å². The number of pyridine rings is 1. The first kappa shape index (κ1) is 8.96. The molecule has 0 fully saturated rings. The zero-order chi connectivity index (χ0) is 10.3. The summed E-state index contributed by atoms with van der Waals surface area (Å²) in [5.41, 5.74) is 0.387. The van der Waals surface area contributed by atoms with Gasteiger partial charge in [-0.2, -0.15) is 0 Å². The van der Waals surface area contributed by atoms with Crippen molar-refractivity contribution in [3.63, 3.8) is 0 Å². The van der Waals surface area contributed by atoms with Crippen LogP contribution in [0.25, 0.3) is 0 Å². The summed E-state index contributed by atoms with van der Waals surface area (Å²) < 4.78 is 0. The van der Waals surface area contributed by atoms with Gasteiger partial charge in [-0.3, -0.25) is 4.79 Å². The summed E-state index contributed by atoms with van der Waals surface area (Å²) in [5, 5.41) is 11.2. The van der Waals surface area contributed by atoms with Crippen LogP contribution in [-0.4, -0.2) is 22.0 Å². The SMILES string of the molecule is O=C1Cc2cc(Cl)c(C(=O)O)nc2N1. The Morgan fingerprint density at radius 2 is 2.36 bits per heavy atom. The van der Waals surface area contributed by atoms with Crippen LogP contribution in [0.2, 0.25) is 5.02 Å². The van der Waals surface area contributed by atoms with Crippen LogP contribution in [0.1, 0.15) is 16.1 Å². The maximum Gasteiger partial charge on any atom is 0.356 e. The van der Waals surface area contributed by atoms with Crippen LogP contribution in [-0.2, 0) is 11.2 Å². The van der Waals surface area contributed by atoms with E-state index in [0.29, 0.717) is 5.56 Å². The number of amides is 1. The largest absolute Gasteiger partial charge is 0.476 e. The summed E-state index contributed by atoms with van der Waals surface area (Å²) >= 11 is 5.67. The molecule has 1 amide bonds. The Hall–Kier alpha value is -1.62. The number of carboxylic acids is 1. The van der Waals surface area contributed by atoms with Crippen LogP contribution in [0.4, 0.5) is 5.82 Å². The van der Waals surface area contributed by atoms with Gasteiger partial charge in [0.05, 0.1) is 11.4 Å². The maximum absolute atomic E-state index is 11.0. The van der Waals surface area contributed by atoms with Gasteiger partial charge >= 0.3 is 5.97 Å². The van der Waals surface area contributed by atoms with Gasteiger partial charge in [0.25, 0.3) is 0 Å². The lowest BCUT2D eigenvalue weighted by molar-refractivity contribution is -0.115. The van der Waals surface area contributed by atoms with E-state index in [9.17, 15) is 9.59 Å². The number of fused-ring (bicyclic) bond motifs is 1. The number of nitrogens with one attached hydrogen (secondary N) is 1. The highest BCUT2D eigenvalue weighted by molar-refractivity contribution is 6.33. The van der Waals surface area contributed by atoms with Crippen molar-refractivity contribution in [1.82, 2.24) is 4.98 Å². The molecule has 0 unspecified atom stereocenters. The number of anilines is 1. The number of halogens is 1. The summed E-state index contributed by atoms with van der Waals surface area (Å²) in [6, 6.07) is 1.45. The number of hydrogen-bond acceptors (Lipinski definition) is 3. The van der Waals surface area contributed by atoms with Crippen LogP contribution < -0.4 is 5.32 Å². The van der Waals surface area contributed by atoms with Gasteiger partial charge in [-0.15, -0.1) is 0 Å². The van der Waals surface area contributed by atoms with Gasteiger partial charge in [-0.25, -0.2) is 9.78 Å². The smallest absolute Gasteiger partial charge is 0.356 e. The van der Waals surface area contributed by atoms with E-state index in [1.54, 1.807) is 0 Å². The summed E-state index contributed by atoms with van der Waals surface area (Å²) in [5.74, 6) is -1.12. The molecule has 0 saturated carbocycles. The Morgan fingerprint density at radius 1 is 1.64 bits per heavy atom. The molecule has 0 spiro atoms. The number of carboxylic acid groups (broad SMARTS) is 1. The molecule has 1 aliphatic rings. The molecule has 6 heteroatoms. The van der Waals surface area contributed by atoms with Crippen LogP contribution in [0.3, 0.4) is 0 Å². The first-order valence-electron chi connectivity index (χ1n) is 3.80. The van der Waals surface area contributed by atoms with E-state index in [0.717, 1.165) is 0 Å². The second kappa shape index (κ2) is 2.95. The Balaban J connectivity index is 2.55. The minimum absolute atomic E-state index is 0.0488. The van der Waals surface area contributed by atoms with Crippen molar-refractivity contribution in [3.05, 3.63) is 22.3 Å². The number of aromatic nitrogens is 1. The van der Waals surface area contributed by atoms with Gasteiger partial charge in [0.1, 0.15) is 5.82 Å². The van der Waals surface area contributed by atoms with E-state index in [-0.39, 0.29) is 28.9 Å². The van der Waals surface area contributed by atoms with E-state index >= 15 is 0 Å². The van der Waals surface area contributed by atoms with E-state index in [2.05, 4.69) is 10.3 Å². The van der Waals surface area contributed by atoms with E-state index in [1.807, 2.05) is 0 Å².